The van der Waals surface area contributed by atoms with E-state index in [0.717, 1.165) is 30.2 Å². The van der Waals surface area contributed by atoms with Crippen molar-refractivity contribution in [1.29, 1.82) is 0 Å². The number of alkyl halides is 3. The molecule has 0 unspecified atom stereocenters. The number of sulfone groups is 1. The molecule has 0 atom stereocenters. The minimum Gasteiger partial charge on any atom is -0.437 e. The van der Waals surface area contributed by atoms with Gasteiger partial charge in [0.2, 0.25) is 0 Å². The number of amides is 1. The standard InChI is InChI=1S/C23H20F3N3O4S/c1-13-10-15(14-6-7-14)8-9-19(13)33-22-18(12-20(28-29-22)23(24,25)26)21(30)27-16-4-3-5-17(11-16)34(2,31)32/h3-5,8-12,14H,6-7H2,1-2H3,(H,27,30). The van der Waals surface area contributed by atoms with Gasteiger partial charge in [0.1, 0.15) is 11.3 Å². The first-order valence-electron chi connectivity index (χ1n) is 10.3. The van der Waals surface area contributed by atoms with Crippen molar-refractivity contribution in [2.45, 2.75) is 36.8 Å². The summed E-state index contributed by atoms with van der Waals surface area (Å²) >= 11 is 0. The minimum atomic E-state index is -4.83. The molecule has 0 aliphatic heterocycles. The molecule has 1 heterocycles. The summed E-state index contributed by atoms with van der Waals surface area (Å²) in [6.45, 7) is 1.79. The number of hydrogen-bond donors (Lipinski definition) is 1. The number of carbonyl (C=O) groups excluding carboxylic acids is 1. The van der Waals surface area contributed by atoms with Crippen LogP contribution < -0.4 is 10.1 Å². The van der Waals surface area contributed by atoms with Gasteiger partial charge in [0.05, 0.1) is 4.90 Å². The molecule has 1 saturated carbocycles. The Labute approximate surface area is 193 Å². The Morgan fingerprint density at radius 3 is 2.44 bits per heavy atom. The van der Waals surface area contributed by atoms with Gasteiger partial charge < -0.3 is 10.1 Å². The van der Waals surface area contributed by atoms with E-state index in [-0.39, 0.29) is 10.6 Å². The number of carbonyl (C=O) groups is 1. The molecule has 0 bridgehead atoms. The average molecular weight is 491 g/mol. The summed E-state index contributed by atoms with van der Waals surface area (Å²) < 4.78 is 69.0. The first-order valence-corrected chi connectivity index (χ1v) is 12.2. The third kappa shape index (κ3) is 5.36. The SMILES string of the molecule is Cc1cc(C2CC2)ccc1Oc1nnc(C(F)(F)F)cc1C(=O)Nc1cccc(S(C)(=O)=O)c1. The van der Waals surface area contributed by atoms with Gasteiger partial charge in [0.15, 0.2) is 15.5 Å². The highest BCUT2D eigenvalue weighted by Gasteiger charge is 2.35. The number of anilines is 1. The Morgan fingerprint density at radius 1 is 1.09 bits per heavy atom. The Balaban J connectivity index is 1.68. The molecule has 1 amide bonds. The maximum Gasteiger partial charge on any atom is 0.435 e. The summed E-state index contributed by atoms with van der Waals surface area (Å²) in [4.78, 5) is 12.9. The highest BCUT2D eigenvalue weighted by molar-refractivity contribution is 7.90. The summed E-state index contributed by atoms with van der Waals surface area (Å²) in [6.07, 6.45) is -1.62. The summed E-state index contributed by atoms with van der Waals surface area (Å²) in [5.41, 5.74) is 0.0908. The van der Waals surface area contributed by atoms with Crippen molar-refractivity contribution in [2.24, 2.45) is 0 Å². The number of benzene rings is 2. The van der Waals surface area contributed by atoms with Gasteiger partial charge in [-0.3, -0.25) is 4.79 Å². The molecule has 1 aliphatic rings. The van der Waals surface area contributed by atoms with E-state index in [2.05, 4.69) is 15.5 Å². The smallest absolute Gasteiger partial charge is 0.435 e. The zero-order valence-electron chi connectivity index (χ0n) is 18.2. The Morgan fingerprint density at radius 2 is 1.82 bits per heavy atom. The van der Waals surface area contributed by atoms with Gasteiger partial charge in [0.25, 0.3) is 11.8 Å². The second kappa shape index (κ2) is 8.71. The zero-order valence-corrected chi connectivity index (χ0v) is 19.0. The summed E-state index contributed by atoms with van der Waals surface area (Å²) in [7, 11) is -3.56. The van der Waals surface area contributed by atoms with Crippen molar-refractivity contribution in [2.75, 3.05) is 11.6 Å². The lowest BCUT2D eigenvalue weighted by atomic mass is 10.1. The van der Waals surface area contributed by atoms with E-state index in [4.69, 9.17) is 4.74 Å². The highest BCUT2D eigenvalue weighted by Crippen LogP contribution is 2.41. The predicted molar refractivity (Wildman–Crippen MR) is 118 cm³/mol. The predicted octanol–water partition coefficient (Wildman–Crippen LogP) is 5.13. The molecule has 1 aromatic heterocycles. The van der Waals surface area contributed by atoms with E-state index >= 15 is 0 Å². The molecule has 4 rings (SSSR count). The van der Waals surface area contributed by atoms with E-state index in [0.29, 0.717) is 17.7 Å². The maximum atomic E-state index is 13.2. The summed E-state index contributed by atoms with van der Waals surface area (Å²) in [5, 5.41) is 9.09. The topological polar surface area (TPSA) is 98.2 Å². The second-order valence-corrected chi connectivity index (χ2v) is 10.1. The van der Waals surface area contributed by atoms with E-state index in [1.807, 2.05) is 12.1 Å². The fourth-order valence-electron chi connectivity index (χ4n) is 3.32. The Hall–Kier alpha value is -3.47. The zero-order chi connectivity index (χ0) is 24.7. The fourth-order valence-corrected chi connectivity index (χ4v) is 3.99. The third-order valence-electron chi connectivity index (χ3n) is 5.27. The van der Waals surface area contributed by atoms with Gasteiger partial charge in [-0.1, -0.05) is 18.2 Å². The number of ether oxygens (including phenoxy) is 1. The molecule has 1 N–H and O–H groups in total. The highest BCUT2D eigenvalue weighted by atomic mass is 32.2. The van der Waals surface area contributed by atoms with Crippen molar-refractivity contribution in [1.82, 2.24) is 10.2 Å². The normalized spacial score (nSPS) is 14.0. The Bertz CT molecular complexity index is 1370. The van der Waals surface area contributed by atoms with Crippen LogP contribution >= 0.6 is 0 Å². The van der Waals surface area contributed by atoms with Gasteiger partial charge in [0, 0.05) is 11.9 Å². The maximum absolute atomic E-state index is 13.2. The van der Waals surface area contributed by atoms with Gasteiger partial charge in [-0.25, -0.2) is 8.42 Å². The lowest BCUT2D eigenvalue weighted by Crippen LogP contribution is -2.18. The van der Waals surface area contributed by atoms with Crippen molar-refractivity contribution < 1.29 is 31.1 Å². The molecule has 0 saturated heterocycles. The van der Waals surface area contributed by atoms with Crippen LogP contribution in [0.3, 0.4) is 0 Å². The Kier molecular flexibility index (Phi) is 6.07. The molecule has 2 aromatic carbocycles. The minimum absolute atomic E-state index is 0.0583. The quantitative estimate of drug-likeness (QED) is 0.513. The third-order valence-corrected chi connectivity index (χ3v) is 6.38. The summed E-state index contributed by atoms with van der Waals surface area (Å²) in [5.74, 6) is -0.547. The van der Waals surface area contributed by atoms with Crippen molar-refractivity contribution in [3.05, 3.63) is 70.9 Å². The number of rotatable bonds is 6. The fraction of sp³-hybridized carbons (Fsp3) is 0.261. The van der Waals surface area contributed by atoms with Crippen LogP contribution in [-0.4, -0.2) is 30.8 Å². The second-order valence-electron chi connectivity index (χ2n) is 8.10. The van der Waals surface area contributed by atoms with Crippen LogP contribution in [0.15, 0.2) is 53.4 Å². The lowest BCUT2D eigenvalue weighted by molar-refractivity contribution is -0.141. The first-order chi connectivity index (χ1) is 15.9. The number of aryl methyl sites for hydroxylation is 1. The van der Waals surface area contributed by atoms with Crippen LogP contribution in [0.4, 0.5) is 18.9 Å². The molecular formula is C23H20F3N3O4S. The lowest BCUT2D eigenvalue weighted by Gasteiger charge is -2.14. The summed E-state index contributed by atoms with van der Waals surface area (Å²) in [6, 6.07) is 11.4. The van der Waals surface area contributed by atoms with E-state index < -0.39 is 39.1 Å². The van der Waals surface area contributed by atoms with Crippen molar-refractivity contribution >= 4 is 21.4 Å². The molecule has 178 valence electrons. The molecule has 7 nitrogen and oxygen atoms in total. The monoisotopic (exact) mass is 491 g/mol. The van der Waals surface area contributed by atoms with Crippen molar-refractivity contribution in [3.63, 3.8) is 0 Å². The molecule has 1 fully saturated rings. The van der Waals surface area contributed by atoms with Crippen LogP contribution in [0.5, 0.6) is 11.6 Å². The molecule has 11 heteroatoms. The number of nitrogens with zero attached hydrogens (tertiary/aromatic N) is 2. The van der Waals surface area contributed by atoms with Gasteiger partial charge in [-0.2, -0.15) is 13.2 Å². The molecule has 0 spiro atoms. The molecule has 34 heavy (non-hydrogen) atoms. The van der Waals surface area contributed by atoms with Crippen molar-refractivity contribution in [3.8, 4) is 11.6 Å². The van der Waals surface area contributed by atoms with E-state index in [1.54, 1.807) is 13.0 Å². The van der Waals surface area contributed by atoms with Crippen LogP contribution in [0, 0.1) is 6.92 Å². The average Bonchev–Trinajstić information content (AvgIpc) is 3.59. The van der Waals surface area contributed by atoms with E-state index in [1.165, 1.54) is 24.3 Å². The molecule has 1 aliphatic carbocycles. The number of hydrogen-bond acceptors (Lipinski definition) is 6. The largest absolute Gasteiger partial charge is 0.437 e. The van der Waals surface area contributed by atoms with Gasteiger partial charge in [-0.15, -0.1) is 10.2 Å². The van der Waals surface area contributed by atoms with Crippen LogP contribution in [-0.2, 0) is 16.0 Å². The van der Waals surface area contributed by atoms with Crippen LogP contribution in [0.2, 0.25) is 0 Å². The number of aromatic nitrogens is 2. The van der Waals surface area contributed by atoms with Gasteiger partial charge >= 0.3 is 6.18 Å². The molecular weight excluding hydrogens is 471 g/mol. The number of nitrogens with one attached hydrogen (secondary N) is 1. The number of halogens is 3. The van der Waals surface area contributed by atoms with E-state index in [9.17, 15) is 26.4 Å². The van der Waals surface area contributed by atoms with Crippen LogP contribution in [0.1, 0.15) is 45.9 Å². The molecule has 0 radical (unpaired) electrons. The van der Waals surface area contributed by atoms with Gasteiger partial charge in [-0.05, 0) is 67.1 Å². The molecule has 3 aromatic rings. The first kappa shape index (κ1) is 23.7. The van der Waals surface area contributed by atoms with Crippen LogP contribution in [0.25, 0.3) is 0 Å².